The molecule has 2 aliphatic rings. The Balaban J connectivity index is 1.18. The fourth-order valence-electron chi connectivity index (χ4n) is 10.2. The van der Waals surface area contributed by atoms with E-state index >= 15 is 0 Å². The normalized spacial score (nSPS) is 14.4. The third-order valence-electron chi connectivity index (χ3n) is 12.5. The topological polar surface area (TPSA) is 6.48 Å². The zero-order valence-electron chi connectivity index (χ0n) is 32.6. The summed E-state index contributed by atoms with van der Waals surface area (Å²) in [5.41, 5.74) is 14.4. The van der Waals surface area contributed by atoms with E-state index in [0.717, 1.165) is 38.6 Å². The predicted octanol–water partition coefficient (Wildman–Crippen LogP) is 15.4. The van der Waals surface area contributed by atoms with Gasteiger partial charge >= 0.3 is 0 Å². The van der Waals surface area contributed by atoms with Gasteiger partial charge in [-0.15, -0.1) is 0 Å². The molecule has 0 fully saturated rings. The molecule has 0 unspecified atom stereocenters. The van der Waals surface area contributed by atoms with E-state index in [2.05, 4.69) is 256 Å². The first-order valence-electron chi connectivity index (χ1n) is 20.3. The number of rotatable bonds is 6. The van der Waals surface area contributed by atoms with Crippen molar-refractivity contribution in [2.24, 2.45) is 0 Å². The molecule has 0 aliphatic carbocycles. The molecule has 9 aromatic carbocycles. The van der Waals surface area contributed by atoms with Crippen molar-refractivity contribution in [1.29, 1.82) is 0 Å². The summed E-state index contributed by atoms with van der Waals surface area (Å²) in [6.07, 6.45) is 0. The second-order valence-electron chi connectivity index (χ2n) is 15.5. The van der Waals surface area contributed by atoms with Crippen molar-refractivity contribution < 1.29 is 0 Å². The molecule has 0 N–H and O–H groups in total. The minimum atomic E-state index is -0.587. The fourth-order valence-corrected chi connectivity index (χ4v) is 10.9. The molecule has 2 aliphatic heterocycles. The maximum atomic E-state index is 8.02. The molecule has 2 nitrogen and oxygen atoms in total. The maximum absolute atomic E-state index is 8.02. The molecule has 11 rings (SSSR count). The van der Waals surface area contributed by atoms with E-state index in [1.165, 1.54) is 44.5 Å². The first-order valence-corrected chi connectivity index (χ1v) is 21.5. The molecule has 0 saturated carbocycles. The second kappa shape index (κ2) is 14.6. The number of benzene rings is 9. The van der Waals surface area contributed by atoms with E-state index in [0.29, 0.717) is 5.02 Å². The van der Waals surface area contributed by atoms with Gasteiger partial charge in [0.05, 0.1) is 50.0 Å². The Hall–Kier alpha value is -6.65. The van der Waals surface area contributed by atoms with Crippen LogP contribution in [0.3, 0.4) is 0 Å². The lowest BCUT2D eigenvalue weighted by Crippen LogP contribution is -2.38. The van der Waals surface area contributed by atoms with Crippen LogP contribution in [0.1, 0.15) is 44.5 Å². The molecule has 286 valence electrons. The van der Waals surface area contributed by atoms with E-state index in [1.54, 1.807) is 0 Å². The number of hydrogen-bond donors (Lipinski definition) is 0. The van der Waals surface area contributed by atoms with Crippen LogP contribution in [0.25, 0.3) is 0 Å². The van der Waals surface area contributed by atoms with E-state index in [9.17, 15) is 0 Å². The largest absolute Gasteiger partial charge is 0.308 e. The van der Waals surface area contributed by atoms with E-state index < -0.39 is 10.8 Å². The highest BCUT2D eigenvalue weighted by atomic mass is 79.9. The summed E-state index contributed by atoms with van der Waals surface area (Å²) in [4.78, 5) is 4.73. The molecule has 0 aromatic heterocycles. The Bertz CT molecular complexity index is 2640. The molecule has 60 heavy (non-hydrogen) atoms. The summed E-state index contributed by atoms with van der Waals surface area (Å²) >= 11 is 12.0. The smallest absolute Gasteiger partial charge is 0.0887 e. The van der Waals surface area contributed by atoms with Crippen LogP contribution >= 0.6 is 27.5 Å². The Morgan fingerprint density at radius 1 is 0.300 bits per heavy atom. The zero-order chi connectivity index (χ0) is 40.3. The molecular weight excluding hydrogens is 816 g/mol. The monoisotopic (exact) mass is 852 g/mol. The van der Waals surface area contributed by atoms with Crippen LogP contribution in [0.15, 0.2) is 235 Å². The maximum Gasteiger partial charge on any atom is 0.0887 e. The van der Waals surface area contributed by atoms with Gasteiger partial charge in [0.1, 0.15) is 0 Å². The second-order valence-corrected chi connectivity index (χ2v) is 16.8. The molecular formula is C56H38BrClN2. The van der Waals surface area contributed by atoms with Crippen molar-refractivity contribution in [3.63, 3.8) is 0 Å². The summed E-state index contributed by atoms with van der Waals surface area (Å²) in [7, 11) is 0. The van der Waals surface area contributed by atoms with Gasteiger partial charge in [-0.1, -0.05) is 222 Å². The molecule has 0 saturated heterocycles. The first kappa shape index (κ1) is 36.4. The molecule has 0 amide bonds. The van der Waals surface area contributed by atoms with Crippen molar-refractivity contribution in [3.05, 3.63) is 285 Å². The van der Waals surface area contributed by atoms with E-state index in [-0.39, 0.29) is 0 Å². The van der Waals surface area contributed by atoms with Crippen LogP contribution in [0.2, 0.25) is 5.02 Å². The van der Waals surface area contributed by atoms with Crippen molar-refractivity contribution in [1.82, 2.24) is 0 Å². The first-order chi connectivity index (χ1) is 29.6. The number of hydrogen-bond acceptors (Lipinski definition) is 2. The highest BCUT2D eigenvalue weighted by molar-refractivity contribution is 9.10. The Kier molecular flexibility index (Phi) is 8.84. The Labute approximate surface area is 364 Å². The van der Waals surface area contributed by atoms with E-state index in [4.69, 9.17) is 11.6 Å². The van der Waals surface area contributed by atoms with Crippen LogP contribution in [0, 0.1) is 0 Å². The lowest BCUT2D eigenvalue weighted by Gasteiger charge is -2.47. The quantitative estimate of drug-likeness (QED) is 0.164. The molecule has 9 aromatic rings. The number of nitrogens with zero attached hydrogens (tertiary/aromatic N) is 2. The highest BCUT2D eigenvalue weighted by Gasteiger charge is 2.48. The summed E-state index contributed by atoms with van der Waals surface area (Å²) in [5, 5.41) is 0.645. The van der Waals surface area contributed by atoms with Gasteiger partial charge in [0.25, 0.3) is 0 Å². The van der Waals surface area contributed by atoms with Crippen molar-refractivity contribution >= 4 is 61.7 Å². The lowest BCUT2D eigenvalue weighted by molar-refractivity contribution is 0.730. The third-order valence-corrected chi connectivity index (χ3v) is 13.3. The van der Waals surface area contributed by atoms with Gasteiger partial charge in [0.15, 0.2) is 0 Å². The average Bonchev–Trinajstić information content (AvgIpc) is 3.32. The van der Waals surface area contributed by atoms with Crippen molar-refractivity contribution in [3.8, 4) is 0 Å². The summed E-state index contributed by atoms with van der Waals surface area (Å²) in [6.45, 7) is 0. The SMILES string of the molecule is Clc1c(N2c3ccccc3C(c3ccccc3)(c3ccccc3)c3ccccc32)cc(Br)cc1N1c2ccccc2C(c2ccccc2)(c2ccccc2)c2ccccc21. The minimum absolute atomic E-state index is 0.587. The Morgan fingerprint density at radius 3 is 0.800 bits per heavy atom. The summed E-state index contributed by atoms with van der Waals surface area (Å²) in [5.74, 6) is 0. The molecule has 0 atom stereocenters. The zero-order valence-corrected chi connectivity index (χ0v) is 34.9. The van der Waals surface area contributed by atoms with Crippen LogP contribution in [0.5, 0.6) is 0 Å². The highest BCUT2D eigenvalue weighted by Crippen LogP contribution is 2.62. The molecule has 4 heteroatoms. The predicted molar refractivity (Wildman–Crippen MR) is 252 cm³/mol. The number of para-hydroxylation sites is 4. The van der Waals surface area contributed by atoms with Crippen molar-refractivity contribution in [2.45, 2.75) is 10.8 Å². The Morgan fingerprint density at radius 2 is 0.533 bits per heavy atom. The van der Waals surface area contributed by atoms with Crippen LogP contribution in [-0.4, -0.2) is 0 Å². The summed E-state index contributed by atoms with van der Waals surface area (Å²) in [6, 6.07) is 83.3. The van der Waals surface area contributed by atoms with Gasteiger partial charge in [-0.05, 0) is 80.9 Å². The summed E-state index contributed by atoms with van der Waals surface area (Å²) < 4.78 is 0.924. The van der Waals surface area contributed by atoms with Crippen molar-refractivity contribution in [2.75, 3.05) is 9.80 Å². The lowest BCUT2D eigenvalue weighted by atomic mass is 9.62. The van der Waals surface area contributed by atoms with Crippen LogP contribution < -0.4 is 9.80 Å². The van der Waals surface area contributed by atoms with Crippen LogP contribution in [-0.2, 0) is 10.8 Å². The van der Waals surface area contributed by atoms with Gasteiger partial charge in [-0.2, -0.15) is 0 Å². The molecule has 0 bridgehead atoms. The molecule has 0 spiro atoms. The van der Waals surface area contributed by atoms with Crippen LogP contribution in [0.4, 0.5) is 34.1 Å². The third kappa shape index (κ3) is 5.26. The number of halogens is 2. The van der Waals surface area contributed by atoms with Gasteiger partial charge in [-0.25, -0.2) is 0 Å². The minimum Gasteiger partial charge on any atom is -0.308 e. The molecule has 0 radical (unpaired) electrons. The number of fused-ring (bicyclic) bond motifs is 4. The standard InChI is InChI=1S/C56H38BrClN2/c57-43-37-52(59-48-33-17-13-29-44(48)55(39-21-5-1-6-22-39,40-23-7-2-8-24-40)45-30-14-18-34-49(45)59)54(58)53(38-43)60-50-35-19-15-31-46(50)56(41-25-9-3-10-26-41,42-27-11-4-12-28-42)47-32-16-20-36-51(47)60/h1-38H. The average molecular weight is 854 g/mol. The van der Waals surface area contributed by atoms with Gasteiger partial charge in [0, 0.05) is 4.47 Å². The molecule has 2 heterocycles. The van der Waals surface area contributed by atoms with Gasteiger partial charge in [0.2, 0.25) is 0 Å². The van der Waals surface area contributed by atoms with E-state index in [1.807, 2.05) is 0 Å². The van der Waals surface area contributed by atoms with Gasteiger partial charge in [-0.3, -0.25) is 0 Å². The number of anilines is 6. The van der Waals surface area contributed by atoms with Gasteiger partial charge < -0.3 is 9.80 Å². The fraction of sp³-hybridized carbons (Fsp3) is 0.0357.